The molecule has 1 aromatic heterocycles. The highest BCUT2D eigenvalue weighted by atomic mass is 32.2. The van der Waals surface area contributed by atoms with Crippen LogP contribution in [0, 0.1) is 12.8 Å². The van der Waals surface area contributed by atoms with Gasteiger partial charge in [-0.3, -0.25) is 4.99 Å². The Labute approximate surface area is 180 Å². The molecule has 1 heterocycles. The summed E-state index contributed by atoms with van der Waals surface area (Å²) in [7, 11) is 1.82. The SMILES string of the molecule is CN=C(NCCCc1nnc(SC)n1CC(C)C)NCC(C)c1cccc(C)c1. The highest BCUT2D eigenvalue weighted by molar-refractivity contribution is 7.98. The predicted octanol–water partition coefficient (Wildman–Crippen LogP) is 3.87. The Morgan fingerprint density at radius 1 is 1.21 bits per heavy atom. The lowest BCUT2D eigenvalue weighted by Gasteiger charge is -2.17. The van der Waals surface area contributed by atoms with Crippen molar-refractivity contribution in [3.05, 3.63) is 41.2 Å². The van der Waals surface area contributed by atoms with Crippen LogP contribution in [-0.2, 0) is 13.0 Å². The van der Waals surface area contributed by atoms with Gasteiger partial charge in [-0.1, -0.05) is 62.4 Å². The third-order valence-corrected chi connectivity index (χ3v) is 5.47. The van der Waals surface area contributed by atoms with Crippen LogP contribution in [0.2, 0.25) is 0 Å². The minimum absolute atomic E-state index is 0.424. The lowest BCUT2D eigenvalue weighted by atomic mass is 9.99. The van der Waals surface area contributed by atoms with Gasteiger partial charge in [-0.15, -0.1) is 10.2 Å². The summed E-state index contributed by atoms with van der Waals surface area (Å²) >= 11 is 1.66. The average Bonchev–Trinajstić information content (AvgIpc) is 3.08. The van der Waals surface area contributed by atoms with Crippen molar-refractivity contribution in [2.75, 3.05) is 26.4 Å². The fourth-order valence-electron chi connectivity index (χ4n) is 3.22. The van der Waals surface area contributed by atoms with Crippen molar-refractivity contribution in [3.63, 3.8) is 0 Å². The molecule has 0 bridgehead atoms. The van der Waals surface area contributed by atoms with Crippen LogP contribution in [0.3, 0.4) is 0 Å². The maximum Gasteiger partial charge on any atom is 0.190 e. The molecule has 0 radical (unpaired) electrons. The van der Waals surface area contributed by atoms with Gasteiger partial charge in [0.05, 0.1) is 0 Å². The van der Waals surface area contributed by atoms with Gasteiger partial charge in [-0.25, -0.2) is 0 Å². The maximum atomic E-state index is 4.40. The van der Waals surface area contributed by atoms with Crippen LogP contribution in [0.1, 0.15) is 50.1 Å². The Bertz CT molecular complexity index is 783. The Balaban J connectivity index is 1.78. The van der Waals surface area contributed by atoms with Gasteiger partial charge >= 0.3 is 0 Å². The van der Waals surface area contributed by atoms with E-state index >= 15 is 0 Å². The second-order valence-electron chi connectivity index (χ2n) is 7.91. The number of thioether (sulfide) groups is 1. The standard InChI is InChI=1S/C22H36N6S/c1-16(2)15-28-20(26-27-22(28)29-6)11-8-12-24-21(23-5)25-14-18(4)19-10-7-9-17(3)13-19/h7,9-10,13,16,18H,8,11-12,14-15H2,1-6H3,(H2,23,24,25). The largest absolute Gasteiger partial charge is 0.356 e. The smallest absolute Gasteiger partial charge is 0.190 e. The van der Waals surface area contributed by atoms with Crippen molar-refractivity contribution in [1.29, 1.82) is 0 Å². The van der Waals surface area contributed by atoms with Gasteiger partial charge in [0.15, 0.2) is 11.1 Å². The molecular formula is C22H36N6S. The zero-order valence-corrected chi connectivity index (χ0v) is 19.5. The zero-order valence-electron chi connectivity index (χ0n) is 18.7. The number of nitrogens with one attached hydrogen (secondary N) is 2. The van der Waals surface area contributed by atoms with E-state index in [0.717, 1.165) is 49.4 Å². The fourth-order valence-corrected chi connectivity index (χ4v) is 3.74. The van der Waals surface area contributed by atoms with Crippen molar-refractivity contribution in [3.8, 4) is 0 Å². The Morgan fingerprint density at radius 3 is 2.66 bits per heavy atom. The summed E-state index contributed by atoms with van der Waals surface area (Å²) in [5, 5.41) is 16.6. The van der Waals surface area contributed by atoms with Gasteiger partial charge < -0.3 is 15.2 Å². The summed E-state index contributed by atoms with van der Waals surface area (Å²) in [6, 6.07) is 8.69. The second-order valence-corrected chi connectivity index (χ2v) is 8.68. The zero-order chi connectivity index (χ0) is 21.2. The first-order valence-electron chi connectivity index (χ1n) is 10.4. The molecule has 6 nitrogen and oxygen atoms in total. The van der Waals surface area contributed by atoms with E-state index in [1.807, 2.05) is 7.05 Å². The number of benzene rings is 1. The molecule has 7 heteroatoms. The minimum atomic E-state index is 0.424. The predicted molar refractivity (Wildman–Crippen MR) is 124 cm³/mol. The molecule has 0 aliphatic heterocycles. The van der Waals surface area contributed by atoms with Crippen LogP contribution in [0.5, 0.6) is 0 Å². The Kier molecular flexibility index (Phi) is 9.51. The van der Waals surface area contributed by atoms with Crippen molar-refractivity contribution in [2.24, 2.45) is 10.9 Å². The van der Waals surface area contributed by atoms with E-state index in [-0.39, 0.29) is 0 Å². The number of aliphatic imine (C=N–C) groups is 1. The first kappa shape index (κ1) is 23.3. The average molecular weight is 417 g/mol. The first-order chi connectivity index (χ1) is 13.9. The third kappa shape index (κ3) is 7.38. The minimum Gasteiger partial charge on any atom is -0.356 e. The lowest BCUT2D eigenvalue weighted by Crippen LogP contribution is -2.39. The summed E-state index contributed by atoms with van der Waals surface area (Å²) in [6.07, 6.45) is 3.95. The molecule has 0 spiro atoms. The summed E-state index contributed by atoms with van der Waals surface area (Å²) in [5.41, 5.74) is 2.65. The number of guanidine groups is 1. The monoisotopic (exact) mass is 416 g/mol. The molecule has 0 saturated carbocycles. The molecule has 2 rings (SSSR count). The van der Waals surface area contributed by atoms with E-state index in [0.29, 0.717) is 11.8 Å². The molecule has 0 aliphatic rings. The van der Waals surface area contributed by atoms with E-state index in [1.54, 1.807) is 11.8 Å². The molecule has 0 fully saturated rings. The van der Waals surface area contributed by atoms with E-state index in [2.05, 4.69) is 88.6 Å². The molecule has 1 aromatic carbocycles. The first-order valence-corrected chi connectivity index (χ1v) is 11.6. The molecule has 29 heavy (non-hydrogen) atoms. The number of hydrogen-bond acceptors (Lipinski definition) is 4. The van der Waals surface area contributed by atoms with Gasteiger partial charge in [0, 0.05) is 33.1 Å². The van der Waals surface area contributed by atoms with Gasteiger partial charge in [0.1, 0.15) is 5.82 Å². The van der Waals surface area contributed by atoms with Crippen LogP contribution in [0.4, 0.5) is 0 Å². The summed E-state index contributed by atoms with van der Waals surface area (Å²) in [6.45, 7) is 11.5. The number of nitrogens with zero attached hydrogens (tertiary/aromatic N) is 4. The van der Waals surface area contributed by atoms with Gasteiger partial charge in [0.25, 0.3) is 0 Å². The Morgan fingerprint density at radius 2 is 2.00 bits per heavy atom. The molecule has 0 saturated heterocycles. The van der Waals surface area contributed by atoms with Crippen molar-refractivity contribution >= 4 is 17.7 Å². The van der Waals surface area contributed by atoms with E-state index in [4.69, 9.17) is 0 Å². The quantitative estimate of drug-likeness (QED) is 0.266. The van der Waals surface area contributed by atoms with Gasteiger partial charge in [-0.05, 0) is 37.0 Å². The summed E-state index contributed by atoms with van der Waals surface area (Å²) < 4.78 is 2.26. The number of hydrogen-bond donors (Lipinski definition) is 2. The van der Waals surface area contributed by atoms with Crippen LogP contribution in [0.15, 0.2) is 34.4 Å². The molecule has 2 aromatic rings. The summed E-state index contributed by atoms with van der Waals surface area (Å²) in [5.74, 6) is 2.92. The number of rotatable bonds is 10. The van der Waals surface area contributed by atoms with Gasteiger partial charge in [0.2, 0.25) is 0 Å². The molecule has 1 atom stereocenters. The van der Waals surface area contributed by atoms with Crippen molar-refractivity contribution < 1.29 is 0 Å². The molecule has 1 unspecified atom stereocenters. The topological polar surface area (TPSA) is 67.1 Å². The molecule has 0 aliphatic carbocycles. The highest BCUT2D eigenvalue weighted by Crippen LogP contribution is 2.17. The summed E-state index contributed by atoms with van der Waals surface area (Å²) in [4.78, 5) is 4.35. The van der Waals surface area contributed by atoms with Gasteiger partial charge in [-0.2, -0.15) is 0 Å². The van der Waals surface area contributed by atoms with E-state index in [1.165, 1.54) is 11.1 Å². The van der Waals surface area contributed by atoms with E-state index in [9.17, 15) is 0 Å². The van der Waals surface area contributed by atoms with Crippen LogP contribution in [0.25, 0.3) is 0 Å². The van der Waals surface area contributed by atoms with Crippen molar-refractivity contribution in [2.45, 2.75) is 58.2 Å². The highest BCUT2D eigenvalue weighted by Gasteiger charge is 2.12. The van der Waals surface area contributed by atoms with Crippen LogP contribution < -0.4 is 10.6 Å². The van der Waals surface area contributed by atoms with Crippen LogP contribution >= 0.6 is 11.8 Å². The lowest BCUT2D eigenvalue weighted by molar-refractivity contribution is 0.477. The molecule has 2 N–H and O–H groups in total. The fraction of sp³-hybridized carbons (Fsp3) is 0.591. The number of aryl methyl sites for hydroxylation is 2. The molecular weight excluding hydrogens is 380 g/mol. The molecule has 0 amide bonds. The van der Waals surface area contributed by atoms with E-state index < -0.39 is 0 Å². The number of aromatic nitrogens is 3. The second kappa shape index (κ2) is 11.9. The normalized spacial score (nSPS) is 13.0. The molecule has 160 valence electrons. The maximum absolute atomic E-state index is 4.40. The van der Waals surface area contributed by atoms with Crippen LogP contribution in [-0.4, -0.2) is 47.1 Å². The Hall–Kier alpha value is -2.02. The van der Waals surface area contributed by atoms with Crippen molar-refractivity contribution in [1.82, 2.24) is 25.4 Å². The third-order valence-electron chi connectivity index (χ3n) is 4.80.